The Morgan fingerprint density at radius 3 is 2.62 bits per heavy atom. The van der Waals surface area contributed by atoms with Crippen molar-refractivity contribution in [1.29, 1.82) is 0 Å². The molecule has 2 aliphatic heterocycles. The Morgan fingerprint density at radius 2 is 1.85 bits per heavy atom. The molecule has 2 saturated heterocycles. The maximum Gasteiger partial charge on any atom is 0.242 e. The summed E-state index contributed by atoms with van der Waals surface area (Å²) >= 11 is -1.53. The highest BCUT2D eigenvalue weighted by Gasteiger charge is 2.24. The molecule has 3 aromatic rings. The van der Waals surface area contributed by atoms with E-state index in [1.807, 2.05) is 6.07 Å². The molecule has 0 aliphatic carbocycles. The minimum atomic E-state index is -1.53. The Balaban J connectivity index is 0.00000274. The van der Waals surface area contributed by atoms with Gasteiger partial charge in [0.1, 0.15) is 12.7 Å². The number of fused-ring (bicyclic) bond motifs is 1. The zero-order valence-corrected chi connectivity index (χ0v) is 20.4. The SMILES string of the molecule is NS(=O)N1CCO[C@H](COc2nc(-c3ccc(N4CCOCC4)cc3)cc3nccnc23)C1.S. The van der Waals surface area contributed by atoms with Crippen LogP contribution in [0.25, 0.3) is 22.3 Å². The molecule has 0 saturated carbocycles. The maximum atomic E-state index is 11.6. The second-order valence-electron chi connectivity index (χ2n) is 7.85. The maximum absolute atomic E-state index is 11.6. The van der Waals surface area contributed by atoms with Gasteiger partial charge in [0.25, 0.3) is 0 Å². The van der Waals surface area contributed by atoms with Gasteiger partial charge >= 0.3 is 0 Å². The van der Waals surface area contributed by atoms with Crippen LogP contribution >= 0.6 is 13.5 Å². The summed E-state index contributed by atoms with van der Waals surface area (Å²) in [6.07, 6.45) is 3.00. The first kappa shape index (κ1) is 24.8. The summed E-state index contributed by atoms with van der Waals surface area (Å²) in [6.45, 7) is 4.91. The van der Waals surface area contributed by atoms with Crippen LogP contribution in [-0.4, -0.2) is 82.2 Å². The van der Waals surface area contributed by atoms with Gasteiger partial charge in [-0.3, -0.25) is 4.98 Å². The Kier molecular flexibility index (Phi) is 8.29. The Labute approximate surface area is 207 Å². The van der Waals surface area contributed by atoms with Gasteiger partial charge < -0.3 is 19.1 Å². The molecule has 2 aliphatic rings. The number of rotatable bonds is 6. The molecule has 1 aromatic carbocycles. The smallest absolute Gasteiger partial charge is 0.242 e. The summed E-state index contributed by atoms with van der Waals surface area (Å²) in [5.41, 5.74) is 4.16. The van der Waals surface area contributed by atoms with Crippen molar-refractivity contribution < 1.29 is 18.4 Å². The van der Waals surface area contributed by atoms with Crippen LogP contribution in [0.5, 0.6) is 5.88 Å². The summed E-state index contributed by atoms with van der Waals surface area (Å²) in [4.78, 5) is 15.9. The molecule has 10 nitrogen and oxygen atoms in total. The van der Waals surface area contributed by atoms with Crippen LogP contribution in [0.1, 0.15) is 0 Å². The molecule has 182 valence electrons. The molecule has 2 atom stereocenters. The van der Waals surface area contributed by atoms with Gasteiger partial charge in [0, 0.05) is 49.8 Å². The van der Waals surface area contributed by atoms with Crippen molar-refractivity contribution in [2.24, 2.45) is 5.14 Å². The molecule has 0 radical (unpaired) electrons. The molecular weight excluding hydrogens is 476 g/mol. The quantitative estimate of drug-likeness (QED) is 0.533. The minimum Gasteiger partial charge on any atom is -0.473 e. The summed E-state index contributed by atoms with van der Waals surface area (Å²) in [5, 5.41) is 5.52. The van der Waals surface area contributed by atoms with Crippen LogP contribution in [0, 0.1) is 0 Å². The highest BCUT2D eigenvalue weighted by Crippen LogP contribution is 2.28. The number of pyridine rings is 1. The van der Waals surface area contributed by atoms with E-state index in [0.29, 0.717) is 36.6 Å². The van der Waals surface area contributed by atoms with E-state index in [-0.39, 0.29) is 26.2 Å². The van der Waals surface area contributed by atoms with E-state index in [1.54, 1.807) is 16.7 Å². The first-order valence-electron chi connectivity index (χ1n) is 10.9. The number of anilines is 1. The molecule has 34 heavy (non-hydrogen) atoms. The number of nitrogens with zero attached hydrogens (tertiary/aromatic N) is 5. The normalized spacial score (nSPS) is 20.0. The van der Waals surface area contributed by atoms with E-state index in [2.05, 4.69) is 39.1 Å². The molecule has 12 heteroatoms. The third kappa shape index (κ3) is 5.65. The average Bonchev–Trinajstić information content (AvgIpc) is 2.88. The lowest BCUT2D eigenvalue weighted by Crippen LogP contribution is -2.47. The third-order valence-electron chi connectivity index (χ3n) is 5.73. The van der Waals surface area contributed by atoms with Crippen LogP contribution in [-0.2, 0) is 20.6 Å². The molecule has 1 unspecified atom stereocenters. The first-order valence-corrected chi connectivity index (χ1v) is 12.0. The molecule has 0 bridgehead atoms. The van der Waals surface area contributed by atoms with E-state index in [0.717, 1.165) is 43.2 Å². The molecular formula is C22H28N6O4S2. The summed E-state index contributed by atoms with van der Waals surface area (Å²) in [7, 11) is 0. The van der Waals surface area contributed by atoms with Crippen molar-refractivity contribution in [3.8, 4) is 17.1 Å². The number of nitrogens with two attached hydrogens (primary N) is 1. The zero-order chi connectivity index (χ0) is 22.6. The first-order chi connectivity index (χ1) is 16.2. The van der Waals surface area contributed by atoms with Crippen molar-refractivity contribution in [2.75, 3.05) is 57.5 Å². The lowest BCUT2D eigenvalue weighted by Gasteiger charge is -2.30. The predicted octanol–water partition coefficient (Wildman–Crippen LogP) is 1.26. The number of benzene rings is 1. The number of aromatic nitrogens is 3. The summed E-state index contributed by atoms with van der Waals surface area (Å²) in [6, 6.07) is 10.2. The van der Waals surface area contributed by atoms with Gasteiger partial charge in [-0.1, -0.05) is 12.1 Å². The molecule has 0 amide bonds. The van der Waals surface area contributed by atoms with Gasteiger partial charge in [0.05, 0.1) is 31.0 Å². The van der Waals surface area contributed by atoms with Crippen LogP contribution < -0.4 is 14.8 Å². The van der Waals surface area contributed by atoms with Gasteiger partial charge in [-0.05, 0) is 18.2 Å². The molecule has 2 fully saturated rings. The topological polar surface area (TPSA) is 116 Å². The van der Waals surface area contributed by atoms with E-state index < -0.39 is 11.2 Å². The summed E-state index contributed by atoms with van der Waals surface area (Å²) < 4.78 is 30.5. The lowest BCUT2D eigenvalue weighted by molar-refractivity contribution is -0.0242. The van der Waals surface area contributed by atoms with Gasteiger partial charge in [0.2, 0.25) is 5.88 Å². The fourth-order valence-electron chi connectivity index (χ4n) is 3.98. The van der Waals surface area contributed by atoms with Crippen LogP contribution in [0.3, 0.4) is 0 Å². The Hall–Kier alpha value is -2.35. The number of morpholine rings is 2. The van der Waals surface area contributed by atoms with Crippen LogP contribution in [0.15, 0.2) is 42.7 Å². The zero-order valence-electron chi connectivity index (χ0n) is 18.6. The van der Waals surface area contributed by atoms with Crippen molar-refractivity contribution in [3.63, 3.8) is 0 Å². The average molecular weight is 505 g/mol. The van der Waals surface area contributed by atoms with Crippen LogP contribution in [0.2, 0.25) is 0 Å². The van der Waals surface area contributed by atoms with Gasteiger partial charge in [-0.2, -0.15) is 13.5 Å². The predicted molar refractivity (Wildman–Crippen MR) is 135 cm³/mol. The fraction of sp³-hybridized carbons (Fsp3) is 0.409. The lowest BCUT2D eigenvalue weighted by atomic mass is 10.1. The van der Waals surface area contributed by atoms with Crippen LogP contribution in [0.4, 0.5) is 5.69 Å². The Bertz CT molecular complexity index is 1130. The standard InChI is InChI=1S/C22H26N6O4S.H2S/c23-33(29)28-9-12-31-18(14-28)15-32-22-21-20(24-5-6-25-21)13-19(26-22)16-1-3-17(4-2-16)27-7-10-30-11-8-27;/h1-6,13,18H,7-12,14-15,23H2;1H2/t18-,33?;/m0./s1. The largest absolute Gasteiger partial charge is 0.473 e. The highest BCUT2D eigenvalue weighted by molar-refractivity contribution is 7.80. The number of hydrogen-bond acceptors (Lipinski definition) is 8. The van der Waals surface area contributed by atoms with E-state index >= 15 is 0 Å². The van der Waals surface area contributed by atoms with Crippen molar-refractivity contribution in [2.45, 2.75) is 6.10 Å². The van der Waals surface area contributed by atoms with E-state index in [9.17, 15) is 4.21 Å². The van der Waals surface area contributed by atoms with E-state index in [4.69, 9.17) is 24.3 Å². The summed E-state index contributed by atoms with van der Waals surface area (Å²) in [5.74, 6) is 0.391. The third-order valence-corrected chi connectivity index (χ3v) is 6.57. The number of hydrogen-bond donors (Lipinski definition) is 1. The second kappa shape index (κ2) is 11.4. The van der Waals surface area contributed by atoms with Gasteiger partial charge in [0.15, 0.2) is 16.7 Å². The van der Waals surface area contributed by atoms with Gasteiger partial charge in [-0.25, -0.2) is 23.6 Å². The fourth-order valence-corrected chi connectivity index (χ4v) is 4.55. The molecule has 0 spiro atoms. The van der Waals surface area contributed by atoms with Gasteiger partial charge in [-0.15, -0.1) is 0 Å². The second-order valence-corrected chi connectivity index (χ2v) is 8.92. The molecule has 5 rings (SSSR count). The highest BCUT2D eigenvalue weighted by atomic mass is 32.2. The molecule has 2 N–H and O–H groups in total. The van der Waals surface area contributed by atoms with Crippen molar-refractivity contribution >= 4 is 41.4 Å². The molecule has 2 aromatic heterocycles. The number of ether oxygens (including phenoxy) is 3. The van der Waals surface area contributed by atoms with E-state index in [1.165, 1.54) is 0 Å². The monoisotopic (exact) mass is 504 g/mol. The minimum absolute atomic E-state index is 0. The molecule has 4 heterocycles. The van der Waals surface area contributed by atoms with Crippen molar-refractivity contribution in [1.82, 2.24) is 19.3 Å². The Morgan fingerprint density at radius 1 is 1.09 bits per heavy atom. The van der Waals surface area contributed by atoms with Crippen molar-refractivity contribution in [3.05, 3.63) is 42.7 Å².